The molecule has 0 saturated heterocycles. The predicted octanol–water partition coefficient (Wildman–Crippen LogP) is 5.37. The highest BCUT2D eigenvalue weighted by Gasteiger charge is 2.29. The zero-order valence-corrected chi connectivity index (χ0v) is 22.0. The number of anilines is 1. The van der Waals surface area contributed by atoms with Crippen LogP contribution >= 0.6 is 0 Å². The number of pyridine rings is 1. The Kier molecular flexibility index (Phi) is 7.24. The highest BCUT2D eigenvalue weighted by molar-refractivity contribution is 6.01. The maximum Gasteiger partial charge on any atom is 0.296 e. The van der Waals surface area contributed by atoms with Gasteiger partial charge in [0.25, 0.3) is 5.91 Å². The number of carbonyl (C=O) groups is 1. The molecular formula is C30H33N5O3. The van der Waals surface area contributed by atoms with Gasteiger partial charge in [-0.05, 0) is 86.6 Å². The molecule has 0 saturated carbocycles. The van der Waals surface area contributed by atoms with E-state index in [4.69, 9.17) is 4.74 Å². The molecule has 1 amide bonds. The van der Waals surface area contributed by atoms with Gasteiger partial charge >= 0.3 is 0 Å². The maximum absolute atomic E-state index is 13.0. The van der Waals surface area contributed by atoms with Crippen LogP contribution in [0.4, 0.5) is 5.82 Å². The molecule has 1 unspecified atom stereocenters. The van der Waals surface area contributed by atoms with Crippen LogP contribution in [0.2, 0.25) is 0 Å². The van der Waals surface area contributed by atoms with Crippen LogP contribution in [0, 0.1) is 6.92 Å². The lowest BCUT2D eigenvalue weighted by atomic mass is 9.97. The minimum absolute atomic E-state index is 0.138. The second-order valence-electron chi connectivity index (χ2n) is 10.4. The number of benzene rings is 2. The smallest absolute Gasteiger partial charge is 0.296 e. The third-order valence-corrected chi connectivity index (χ3v) is 6.77. The summed E-state index contributed by atoms with van der Waals surface area (Å²) >= 11 is 0. The predicted molar refractivity (Wildman–Crippen MR) is 146 cm³/mol. The molecule has 1 atom stereocenters. The topological polar surface area (TPSA) is 102 Å². The minimum Gasteiger partial charge on any atom is -0.494 e. The van der Waals surface area contributed by atoms with Gasteiger partial charge in [-0.3, -0.25) is 4.79 Å². The summed E-state index contributed by atoms with van der Waals surface area (Å²) in [6.07, 6.45) is 4.02. The van der Waals surface area contributed by atoms with Crippen molar-refractivity contribution in [1.82, 2.24) is 19.7 Å². The van der Waals surface area contributed by atoms with Crippen molar-refractivity contribution in [3.8, 4) is 16.9 Å². The molecule has 4 aromatic rings. The van der Waals surface area contributed by atoms with Gasteiger partial charge in [-0.15, -0.1) is 5.10 Å². The Hall–Kier alpha value is -4.04. The Bertz CT molecular complexity index is 1430. The molecule has 1 aliphatic rings. The number of carbonyl (C=O) groups excluding carboxylic acids is 1. The van der Waals surface area contributed by atoms with Crippen LogP contribution in [0.5, 0.6) is 5.75 Å². The standard InChI is InChI=1S/C30H33N5O3/c1-20-10-11-23(38-17-7-14-30(2,3)37)19-25(20)22-12-15-31-26(18-22)32-29(36)27-33-28-24(13-16-35(28)34-27)21-8-5-4-6-9-21/h4-6,8-12,15,18-19,24,37H,7,13-14,16-17H2,1-3H3,(H,31,32,36). The Labute approximate surface area is 222 Å². The minimum atomic E-state index is -0.699. The highest BCUT2D eigenvalue weighted by atomic mass is 16.5. The quantitative estimate of drug-likeness (QED) is 0.293. The summed E-state index contributed by atoms with van der Waals surface area (Å²) in [5.41, 5.74) is 3.47. The van der Waals surface area contributed by atoms with Gasteiger partial charge in [-0.1, -0.05) is 36.4 Å². The van der Waals surface area contributed by atoms with Crippen molar-refractivity contribution >= 4 is 11.7 Å². The molecule has 0 radical (unpaired) electrons. The van der Waals surface area contributed by atoms with Gasteiger partial charge < -0.3 is 15.2 Å². The number of ether oxygens (including phenoxy) is 1. The van der Waals surface area contributed by atoms with E-state index in [2.05, 4.69) is 32.5 Å². The van der Waals surface area contributed by atoms with Gasteiger partial charge in [0.05, 0.1) is 12.2 Å². The molecule has 0 aliphatic carbocycles. The molecule has 2 aromatic carbocycles. The molecule has 0 fully saturated rings. The fraction of sp³-hybridized carbons (Fsp3) is 0.333. The first-order valence-electron chi connectivity index (χ1n) is 13.0. The van der Waals surface area contributed by atoms with Crippen LogP contribution in [-0.2, 0) is 6.54 Å². The monoisotopic (exact) mass is 511 g/mol. The molecule has 2 N–H and O–H groups in total. The summed E-state index contributed by atoms with van der Waals surface area (Å²) in [5, 5.41) is 17.2. The first-order chi connectivity index (χ1) is 18.3. The lowest BCUT2D eigenvalue weighted by Crippen LogP contribution is -2.19. The van der Waals surface area contributed by atoms with Crippen LogP contribution in [0.1, 0.15) is 66.6 Å². The number of amides is 1. The third-order valence-electron chi connectivity index (χ3n) is 6.77. The fourth-order valence-corrected chi connectivity index (χ4v) is 4.79. The Balaban J connectivity index is 1.28. The van der Waals surface area contributed by atoms with Crippen LogP contribution < -0.4 is 10.1 Å². The SMILES string of the molecule is Cc1ccc(OCCCC(C)(C)O)cc1-c1ccnc(NC(=O)c2nc3n(n2)CCC3c2ccccc2)c1. The lowest BCUT2D eigenvalue weighted by molar-refractivity contribution is 0.0641. The van der Waals surface area contributed by atoms with E-state index < -0.39 is 5.60 Å². The Morgan fingerprint density at radius 1 is 1.16 bits per heavy atom. The fourth-order valence-electron chi connectivity index (χ4n) is 4.79. The number of nitrogens with zero attached hydrogens (tertiary/aromatic N) is 4. The summed E-state index contributed by atoms with van der Waals surface area (Å²) in [6, 6.07) is 19.9. The van der Waals surface area contributed by atoms with Crippen molar-refractivity contribution in [2.24, 2.45) is 0 Å². The zero-order valence-electron chi connectivity index (χ0n) is 22.0. The van der Waals surface area contributed by atoms with Crippen LogP contribution in [-0.4, -0.2) is 43.0 Å². The molecular weight excluding hydrogens is 478 g/mol. The van der Waals surface area contributed by atoms with E-state index in [0.29, 0.717) is 18.8 Å². The van der Waals surface area contributed by atoms with E-state index in [-0.39, 0.29) is 17.6 Å². The zero-order chi connectivity index (χ0) is 26.7. The molecule has 2 aromatic heterocycles. The van der Waals surface area contributed by atoms with Crippen LogP contribution in [0.25, 0.3) is 11.1 Å². The number of aromatic nitrogens is 4. The van der Waals surface area contributed by atoms with E-state index in [1.54, 1.807) is 20.0 Å². The van der Waals surface area contributed by atoms with Crippen molar-refractivity contribution in [1.29, 1.82) is 0 Å². The molecule has 8 nitrogen and oxygen atoms in total. The second-order valence-corrected chi connectivity index (χ2v) is 10.4. The average Bonchev–Trinajstić information content (AvgIpc) is 3.49. The number of fused-ring (bicyclic) bond motifs is 1. The number of aliphatic hydroxyl groups is 1. The van der Waals surface area contributed by atoms with Crippen molar-refractivity contribution in [2.45, 2.75) is 58.1 Å². The van der Waals surface area contributed by atoms with Crippen molar-refractivity contribution in [3.63, 3.8) is 0 Å². The van der Waals surface area contributed by atoms with Gasteiger partial charge in [-0.25, -0.2) is 14.6 Å². The van der Waals surface area contributed by atoms with Crippen molar-refractivity contribution < 1.29 is 14.6 Å². The van der Waals surface area contributed by atoms with Crippen molar-refractivity contribution in [3.05, 3.63) is 89.6 Å². The normalized spacial score (nSPS) is 14.8. The summed E-state index contributed by atoms with van der Waals surface area (Å²) in [6.45, 7) is 6.89. The molecule has 0 bridgehead atoms. The van der Waals surface area contributed by atoms with E-state index in [0.717, 1.165) is 47.7 Å². The van der Waals surface area contributed by atoms with Crippen LogP contribution in [0.15, 0.2) is 66.9 Å². The molecule has 3 heterocycles. The molecule has 196 valence electrons. The van der Waals surface area contributed by atoms with Gasteiger partial charge in [0.2, 0.25) is 5.82 Å². The molecule has 5 rings (SSSR count). The van der Waals surface area contributed by atoms with Crippen LogP contribution in [0.3, 0.4) is 0 Å². The molecule has 8 heteroatoms. The summed E-state index contributed by atoms with van der Waals surface area (Å²) in [5.74, 6) is 1.90. The lowest BCUT2D eigenvalue weighted by Gasteiger charge is -2.17. The van der Waals surface area contributed by atoms with E-state index >= 15 is 0 Å². The largest absolute Gasteiger partial charge is 0.494 e. The average molecular weight is 512 g/mol. The Morgan fingerprint density at radius 3 is 2.76 bits per heavy atom. The van der Waals surface area contributed by atoms with Gasteiger partial charge in [0, 0.05) is 18.7 Å². The molecule has 0 spiro atoms. The maximum atomic E-state index is 13.0. The number of aryl methyl sites for hydroxylation is 2. The molecule has 38 heavy (non-hydrogen) atoms. The molecule has 1 aliphatic heterocycles. The summed E-state index contributed by atoms with van der Waals surface area (Å²) in [7, 11) is 0. The third kappa shape index (κ3) is 5.92. The van der Waals surface area contributed by atoms with Gasteiger partial charge in [-0.2, -0.15) is 0 Å². The van der Waals surface area contributed by atoms with Gasteiger partial charge in [0.1, 0.15) is 17.4 Å². The number of hydrogen-bond donors (Lipinski definition) is 2. The second kappa shape index (κ2) is 10.8. The van der Waals surface area contributed by atoms with Crippen molar-refractivity contribution in [2.75, 3.05) is 11.9 Å². The van der Waals surface area contributed by atoms with Gasteiger partial charge in [0.15, 0.2) is 0 Å². The number of nitrogens with one attached hydrogen (secondary N) is 1. The number of hydrogen-bond acceptors (Lipinski definition) is 6. The summed E-state index contributed by atoms with van der Waals surface area (Å²) in [4.78, 5) is 21.9. The van der Waals surface area contributed by atoms with E-state index in [1.807, 2.05) is 60.1 Å². The first kappa shape index (κ1) is 25.6. The number of rotatable bonds is 9. The first-order valence-corrected chi connectivity index (χ1v) is 13.0. The Morgan fingerprint density at radius 2 is 1.97 bits per heavy atom. The van der Waals surface area contributed by atoms with E-state index in [9.17, 15) is 9.90 Å². The van der Waals surface area contributed by atoms with E-state index in [1.165, 1.54) is 5.56 Å². The summed E-state index contributed by atoms with van der Waals surface area (Å²) < 4.78 is 7.75. The highest BCUT2D eigenvalue weighted by Crippen LogP contribution is 2.33.